The lowest BCUT2D eigenvalue weighted by Gasteiger charge is -2.10. The molecule has 4 nitrogen and oxygen atoms in total. The van der Waals surface area contributed by atoms with Gasteiger partial charge in [-0.05, 0) is 37.6 Å². The molecule has 1 unspecified atom stereocenters. The van der Waals surface area contributed by atoms with Gasteiger partial charge in [0.05, 0.1) is 11.6 Å². The summed E-state index contributed by atoms with van der Waals surface area (Å²) in [5.74, 6) is 1.47. The van der Waals surface area contributed by atoms with Crippen molar-refractivity contribution in [2.75, 3.05) is 25.0 Å². The molecule has 0 spiro atoms. The van der Waals surface area contributed by atoms with Gasteiger partial charge in [-0.15, -0.1) is 0 Å². The van der Waals surface area contributed by atoms with Gasteiger partial charge in [0.1, 0.15) is 5.82 Å². The SMILES string of the molecule is N#Cc1ccnc(NCC2CCNC2)c1. The first kappa shape index (κ1) is 9.94. The van der Waals surface area contributed by atoms with E-state index in [0.29, 0.717) is 11.5 Å². The number of nitrogens with one attached hydrogen (secondary N) is 2. The Labute approximate surface area is 89.3 Å². The van der Waals surface area contributed by atoms with Crippen LogP contribution in [0.15, 0.2) is 18.3 Å². The van der Waals surface area contributed by atoms with Crippen molar-refractivity contribution in [3.05, 3.63) is 23.9 Å². The van der Waals surface area contributed by atoms with E-state index in [9.17, 15) is 0 Å². The summed E-state index contributed by atoms with van der Waals surface area (Å²) in [6.07, 6.45) is 2.87. The van der Waals surface area contributed by atoms with Gasteiger partial charge in [0.25, 0.3) is 0 Å². The van der Waals surface area contributed by atoms with Crippen molar-refractivity contribution in [1.82, 2.24) is 10.3 Å². The summed E-state index contributed by atoms with van der Waals surface area (Å²) in [6.45, 7) is 3.11. The molecule has 1 saturated heterocycles. The highest BCUT2D eigenvalue weighted by molar-refractivity contribution is 5.42. The van der Waals surface area contributed by atoms with Crippen LogP contribution in [0.1, 0.15) is 12.0 Å². The number of rotatable bonds is 3. The molecule has 0 bridgehead atoms. The zero-order valence-corrected chi connectivity index (χ0v) is 8.53. The highest BCUT2D eigenvalue weighted by Gasteiger charge is 2.13. The van der Waals surface area contributed by atoms with Crippen LogP contribution in [0.2, 0.25) is 0 Å². The van der Waals surface area contributed by atoms with Crippen LogP contribution in [0.5, 0.6) is 0 Å². The molecule has 1 aromatic rings. The van der Waals surface area contributed by atoms with Crippen LogP contribution in [-0.2, 0) is 0 Å². The molecule has 2 heterocycles. The van der Waals surface area contributed by atoms with Crippen LogP contribution >= 0.6 is 0 Å². The Morgan fingerprint density at radius 3 is 3.33 bits per heavy atom. The van der Waals surface area contributed by atoms with Crippen molar-refractivity contribution in [2.24, 2.45) is 5.92 Å². The van der Waals surface area contributed by atoms with Crippen LogP contribution in [0.3, 0.4) is 0 Å². The first-order valence-corrected chi connectivity index (χ1v) is 5.19. The van der Waals surface area contributed by atoms with Crippen LogP contribution in [-0.4, -0.2) is 24.6 Å². The van der Waals surface area contributed by atoms with Crippen LogP contribution in [0, 0.1) is 17.2 Å². The molecule has 1 atom stereocenters. The maximum absolute atomic E-state index is 8.73. The van der Waals surface area contributed by atoms with E-state index in [2.05, 4.69) is 21.7 Å². The monoisotopic (exact) mass is 202 g/mol. The van der Waals surface area contributed by atoms with Gasteiger partial charge in [-0.1, -0.05) is 0 Å². The molecule has 0 aliphatic carbocycles. The normalized spacial score (nSPS) is 19.8. The lowest BCUT2D eigenvalue weighted by atomic mass is 10.1. The molecule has 0 aromatic carbocycles. The smallest absolute Gasteiger partial charge is 0.127 e. The summed E-state index contributed by atoms with van der Waals surface area (Å²) in [5, 5.41) is 15.3. The number of nitrogens with zero attached hydrogens (tertiary/aromatic N) is 2. The Morgan fingerprint density at radius 2 is 2.60 bits per heavy atom. The maximum Gasteiger partial charge on any atom is 0.127 e. The van der Waals surface area contributed by atoms with E-state index >= 15 is 0 Å². The van der Waals surface area contributed by atoms with Gasteiger partial charge in [-0.2, -0.15) is 5.26 Å². The largest absolute Gasteiger partial charge is 0.370 e. The minimum absolute atomic E-state index is 0.650. The van der Waals surface area contributed by atoms with Gasteiger partial charge in [0, 0.05) is 12.7 Å². The Balaban J connectivity index is 1.90. The topological polar surface area (TPSA) is 60.7 Å². The summed E-state index contributed by atoms with van der Waals surface area (Å²) >= 11 is 0. The first-order chi connectivity index (χ1) is 7.38. The molecule has 0 radical (unpaired) electrons. The molecule has 2 rings (SSSR count). The van der Waals surface area contributed by atoms with E-state index < -0.39 is 0 Å². The number of hydrogen-bond donors (Lipinski definition) is 2. The molecular weight excluding hydrogens is 188 g/mol. The van der Waals surface area contributed by atoms with Crippen molar-refractivity contribution >= 4 is 5.82 Å². The number of aromatic nitrogens is 1. The average molecular weight is 202 g/mol. The Bertz CT molecular complexity index is 363. The fraction of sp³-hybridized carbons (Fsp3) is 0.455. The van der Waals surface area contributed by atoms with Crippen molar-refractivity contribution in [1.29, 1.82) is 5.26 Å². The summed E-state index contributed by atoms with van der Waals surface area (Å²) in [6, 6.07) is 5.59. The van der Waals surface area contributed by atoms with Crippen LogP contribution in [0.25, 0.3) is 0 Å². The molecule has 1 aliphatic rings. The second kappa shape index (κ2) is 4.76. The molecule has 1 aliphatic heterocycles. The second-order valence-corrected chi connectivity index (χ2v) is 3.78. The number of pyridine rings is 1. The molecule has 78 valence electrons. The molecule has 4 heteroatoms. The standard InChI is InChI=1S/C11H14N4/c12-6-9-2-4-14-11(5-9)15-8-10-1-3-13-7-10/h2,4-5,10,13H,1,3,7-8H2,(H,14,15). The minimum Gasteiger partial charge on any atom is -0.370 e. The Morgan fingerprint density at radius 1 is 1.67 bits per heavy atom. The summed E-state index contributed by atoms with van der Waals surface area (Å²) in [7, 11) is 0. The fourth-order valence-corrected chi connectivity index (χ4v) is 1.73. The Kier molecular flexibility index (Phi) is 3.15. The molecule has 0 amide bonds. The van der Waals surface area contributed by atoms with Gasteiger partial charge in [-0.25, -0.2) is 4.98 Å². The molecule has 1 fully saturated rings. The predicted molar refractivity (Wildman–Crippen MR) is 58.4 cm³/mol. The van der Waals surface area contributed by atoms with Gasteiger partial charge >= 0.3 is 0 Å². The zero-order valence-electron chi connectivity index (χ0n) is 8.53. The van der Waals surface area contributed by atoms with Crippen LogP contribution in [0.4, 0.5) is 5.82 Å². The van der Waals surface area contributed by atoms with E-state index in [1.807, 2.05) is 0 Å². The summed E-state index contributed by atoms with van der Waals surface area (Å²) in [4.78, 5) is 4.17. The average Bonchev–Trinajstić information content (AvgIpc) is 2.79. The molecular formula is C11H14N4. The van der Waals surface area contributed by atoms with Crippen molar-refractivity contribution in [3.63, 3.8) is 0 Å². The van der Waals surface area contributed by atoms with Crippen molar-refractivity contribution < 1.29 is 0 Å². The van der Waals surface area contributed by atoms with E-state index in [1.165, 1.54) is 6.42 Å². The lowest BCUT2D eigenvalue weighted by molar-refractivity contribution is 0.614. The third-order valence-electron chi connectivity index (χ3n) is 2.62. The second-order valence-electron chi connectivity index (χ2n) is 3.78. The van der Waals surface area contributed by atoms with Gasteiger partial charge < -0.3 is 10.6 Å². The first-order valence-electron chi connectivity index (χ1n) is 5.19. The number of nitriles is 1. The molecule has 0 saturated carbocycles. The zero-order chi connectivity index (χ0) is 10.5. The van der Waals surface area contributed by atoms with Crippen LogP contribution < -0.4 is 10.6 Å². The molecule has 15 heavy (non-hydrogen) atoms. The van der Waals surface area contributed by atoms with Gasteiger partial charge in [-0.3, -0.25) is 0 Å². The summed E-state index contributed by atoms with van der Waals surface area (Å²) in [5.41, 5.74) is 0.650. The van der Waals surface area contributed by atoms with E-state index in [4.69, 9.17) is 5.26 Å². The third kappa shape index (κ3) is 2.67. The maximum atomic E-state index is 8.73. The minimum atomic E-state index is 0.650. The molecule has 2 N–H and O–H groups in total. The Hall–Kier alpha value is -1.60. The molecule has 1 aromatic heterocycles. The third-order valence-corrected chi connectivity index (χ3v) is 2.62. The van der Waals surface area contributed by atoms with Gasteiger partial charge in [0.15, 0.2) is 0 Å². The van der Waals surface area contributed by atoms with E-state index in [0.717, 1.165) is 25.5 Å². The van der Waals surface area contributed by atoms with Crippen molar-refractivity contribution in [3.8, 4) is 6.07 Å². The highest BCUT2D eigenvalue weighted by Crippen LogP contribution is 2.10. The lowest BCUT2D eigenvalue weighted by Crippen LogP contribution is -2.17. The summed E-state index contributed by atoms with van der Waals surface area (Å²) < 4.78 is 0. The van der Waals surface area contributed by atoms with E-state index in [-0.39, 0.29) is 0 Å². The van der Waals surface area contributed by atoms with Crippen molar-refractivity contribution in [2.45, 2.75) is 6.42 Å². The highest BCUT2D eigenvalue weighted by atomic mass is 15.0. The van der Waals surface area contributed by atoms with Gasteiger partial charge in [0.2, 0.25) is 0 Å². The quantitative estimate of drug-likeness (QED) is 0.767. The predicted octanol–water partition coefficient (Wildman–Crippen LogP) is 0.975. The fourth-order valence-electron chi connectivity index (χ4n) is 1.73. The number of anilines is 1. The van der Waals surface area contributed by atoms with E-state index in [1.54, 1.807) is 18.3 Å². The number of hydrogen-bond acceptors (Lipinski definition) is 4.